The van der Waals surface area contributed by atoms with Crippen LogP contribution in [-0.4, -0.2) is 0 Å². The summed E-state index contributed by atoms with van der Waals surface area (Å²) in [7, 11) is 0. The molecule has 13 heavy (non-hydrogen) atoms. The largest absolute Gasteiger partial charge is 0 e. The van der Waals surface area contributed by atoms with Crippen molar-refractivity contribution in [3.8, 4) is 0 Å². The first-order valence-corrected chi connectivity index (χ1v) is 0. The molecule has 13 heteroatoms. The number of hydrogen-bond acceptors (Lipinski definition) is 0. The molecular weight excluding hydrogens is 2470 g/mol. The summed E-state index contributed by atoms with van der Waals surface area (Å²) < 4.78 is 0. The minimum atomic E-state index is 0. The van der Waals surface area contributed by atoms with Crippen molar-refractivity contribution in [3.63, 3.8) is 0 Å². The Morgan fingerprint density at radius 1 is 0.0769 bits per heavy atom. The van der Waals surface area contributed by atoms with E-state index in [2.05, 4.69) is 0 Å². The predicted octanol–water partition coefficient (Wildman–Crippen LogP) is -0.0325. The van der Waals surface area contributed by atoms with Gasteiger partial charge in [-0.25, -0.2) is 0 Å². The fraction of sp³-hybridized carbons (Fsp3) is 0. The van der Waals surface area contributed by atoms with Gasteiger partial charge in [-0.1, -0.05) is 0 Å². The van der Waals surface area contributed by atoms with Crippen LogP contribution in [0.4, 0.5) is 0 Å². The van der Waals surface area contributed by atoms with Gasteiger partial charge in [0, 0.05) is 257 Å². The van der Waals surface area contributed by atoms with Crippen LogP contribution in [0.3, 0.4) is 0 Å². The van der Waals surface area contributed by atoms with Gasteiger partial charge < -0.3 is 0 Å². The summed E-state index contributed by atoms with van der Waals surface area (Å²) in [4.78, 5) is 0. The molecule has 0 N–H and O–H groups in total. The van der Waals surface area contributed by atoms with Crippen LogP contribution in [0, 0.1) is 0 Å². The molecule has 0 saturated carbocycles. The van der Waals surface area contributed by atoms with E-state index >= 15 is 0 Å². The molecule has 0 unspecified atom stereocenters. The Labute approximate surface area is 251 Å². The van der Waals surface area contributed by atoms with Crippen LogP contribution in [0.15, 0.2) is 0 Å². The van der Waals surface area contributed by atoms with Crippen molar-refractivity contribution in [2.75, 3.05) is 0 Å². The molecule has 0 aromatic rings. The Morgan fingerprint density at radius 2 is 0.0769 bits per heavy atom. The molecule has 0 heterocycles. The minimum Gasteiger partial charge on any atom is 0 e. The Kier molecular flexibility index (Phi) is 1080. The van der Waals surface area contributed by atoms with Gasteiger partial charge in [0.05, 0.1) is 0 Å². The van der Waals surface area contributed by atoms with Crippen molar-refractivity contribution < 1.29 is 257 Å². The number of rotatable bonds is 0. The molecule has 0 atom stereocenters. The third kappa shape index (κ3) is 98.9. The van der Waals surface area contributed by atoms with Crippen LogP contribution < -0.4 is 0 Å². The van der Waals surface area contributed by atoms with Gasteiger partial charge in [0.1, 0.15) is 0 Å². The van der Waals surface area contributed by atoms with Crippen molar-refractivity contribution in [2.45, 2.75) is 0 Å². The maximum absolute atomic E-state index is 0. The first kappa shape index (κ1) is 128. The molecule has 0 amide bonds. The second kappa shape index (κ2) is 110. The molecule has 0 fully saturated rings. The van der Waals surface area contributed by atoms with Crippen LogP contribution in [0.5, 0.6) is 0 Å². The van der Waals surface area contributed by atoms with Crippen LogP contribution in [-0.2, 0) is 257 Å². The van der Waals surface area contributed by atoms with Gasteiger partial charge in [-0.3, -0.25) is 0 Å². The summed E-state index contributed by atoms with van der Waals surface area (Å²) in [6.07, 6.45) is 0. The van der Waals surface area contributed by atoms with E-state index in [0.29, 0.717) is 0 Å². The predicted molar refractivity (Wildman–Crippen MR) is 0 cm³/mol. The Balaban J connectivity index is 0. The Hall–Kier alpha value is 8.27. The van der Waals surface area contributed by atoms with E-state index < -0.39 is 0 Å². The monoisotopic (exact) mass is 2500 g/mol. The molecule has 0 bridgehead atoms. The van der Waals surface area contributed by atoms with Gasteiger partial charge >= 0.3 is 0 Å². The van der Waals surface area contributed by atoms with Crippen LogP contribution in [0.2, 0.25) is 0 Å². The maximum Gasteiger partial charge on any atom is 0 e. The normalized spacial score (nSPS) is 0. The summed E-state index contributed by atoms with van der Waals surface area (Å²) in [5.41, 5.74) is 0. The van der Waals surface area contributed by atoms with E-state index in [4.69, 9.17) is 0 Å². The van der Waals surface area contributed by atoms with Crippen LogP contribution in [0.25, 0.3) is 0 Å². The first-order valence-electron chi connectivity index (χ1n) is 0. The standard InChI is InChI=1S/13Os. The van der Waals surface area contributed by atoms with Gasteiger partial charge in [-0.15, -0.1) is 0 Å². The molecule has 0 rings (SSSR count). The van der Waals surface area contributed by atoms with Crippen molar-refractivity contribution in [1.29, 1.82) is 0 Å². The molecule has 0 aromatic carbocycles. The van der Waals surface area contributed by atoms with Gasteiger partial charge in [0.25, 0.3) is 0 Å². The fourth-order valence-electron chi connectivity index (χ4n) is 0. The third-order valence-corrected chi connectivity index (χ3v) is 0. The molecule has 0 radical (unpaired) electrons. The molecule has 0 aromatic heterocycles. The maximum atomic E-state index is 0. The van der Waals surface area contributed by atoms with E-state index in [-0.39, 0.29) is 257 Å². The van der Waals surface area contributed by atoms with Crippen molar-refractivity contribution in [1.82, 2.24) is 0 Å². The molecule has 0 saturated heterocycles. The van der Waals surface area contributed by atoms with E-state index in [1.165, 1.54) is 0 Å². The summed E-state index contributed by atoms with van der Waals surface area (Å²) >= 11 is 0. The average Bonchev–Trinajstić information content (AvgIpc) is 0. The SMILES string of the molecule is [Os].[Os].[Os].[Os].[Os].[Os].[Os].[Os].[Os].[Os].[Os].[Os].[Os]. The van der Waals surface area contributed by atoms with Gasteiger partial charge in [0.2, 0.25) is 0 Å². The Morgan fingerprint density at radius 3 is 0.0769 bits per heavy atom. The van der Waals surface area contributed by atoms with E-state index in [9.17, 15) is 0 Å². The van der Waals surface area contributed by atoms with E-state index in [0.717, 1.165) is 0 Å². The van der Waals surface area contributed by atoms with Gasteiger partial charge in [0.15, 0.2) is 0 Å². The Bertz CT molecular complexity index is 0. The summed E-state index contributed by atoms with van der Waals surface area (Å²) in [6, 6.07) is 0. The minimum absolute atomic E-state index is 0. The molecule has 0 aliphatic heterocycles. The second-order valence-corrected chi connectivity index (χ2v) is 0. The summed E-state index contributed by atoms with van der Waals surface area (Å²) in [6.45, 7) is 0. The molecule has 0 nitrogen and oxygen atoms in total. The summed E-state index contributed by atoms with van der Waals surface area (Å²) in [5, 5.41) is 0. The smallest absolute Gasteiger partial charge is 0 e. The molecule has 0 aliphatic rings. The van der Waals surface area contributed by atoms with Crippen molar-refractivity contribution in [2.24, 2.45) is 0 Å². The zero-order chi connectivity index (χ0) is 0. The first-order chi connectivity index (χ1) is 0. The molecule has 104 valence electrons. The topological polar surface area (TPSA) is 0 Å². The fourth-order valence-corrected chi connectivity index (χ4v) is 0. The quantitative estimate of drug-likeness (QED) is 0.321. The average molecular weight is 2470 g/mol. The van der Waals surface area contributed by atoms with Gasteiger partial charge in [-0.05, 0) is 0 Å². The van der Waals surface area contributed by atoms with E-state index in [1.807, 2.05) is 0 Å². The molecule has 0 aliphatic carbocycles. The van der Waals surface area contributed by atoms with Crippen LogP contribution in [0.1, 0.15) is 0 Å². The molecular formula is Os13. The van der Waals surface area contributed by atoms with Crippen molar-refractivity contribution >= 4 is 0 Å². The van der Waals surface area contributed by atoms with Gasteiger partial charge in [-0.2, -0.15) is 0 Å². The van der Waals surface area contributed by atoms with Crippen molar-refractivity contribution in [3.05, 3.63) is 0 Å². The summed E-state index contributed by atoms with van der Waals surface area (Å²) in [5.74, 6) is 0. The number of hydrogen-bond donors (Lipinski definition) is 0. The zero-order valence-electron chi connectivity index (χ0n) is 4.60. The third-order valence-electron chi connectivity index (χ3n) is 0. The van der Waals surface area contributed by atoms with E-state index in [1.54, 1.807) is 0 Å². The second-order valence-electron chi connectivity index (χ2n) is 0. The van der Waals surface area contributed by atoms with Crippen LogP contribution >= 0.6 is 0 Å². The molecule has 0 spiro atoms. The zero-order valence-corrected chi connectivity index (χ0v) is 37.6.